The number of benzene rings is 6. The summed E-state index contributed by atoms with van der Waals surface area (Å²) < 4.78 is 0. The van der Waals surface area contributed by atoms with E-state index >= 15 is 0 Å². The third-order valence-corrected chi connectivity index (χ3v) is 10.9. The van der Waals surface area contributed by atoms with Gasteiger partial charge in [0.25, 0.3) is 0 Å². The molecule has 0 aliphatic heterocycles. The average Bonchev–Trinajstić information content (AvgIpc) is 3.59. The fourth-order valence-corrected chi connectivity index (χ4v) is 8.07. The minimum absolute atomic E-state index is 0.713. The Morgan fingerprint density at radius 3 is 1.69 bits per heavy atom. The van der Waals surface area contributed by atoms with Gasteiger partial charge in [-0.2, -0.15) is 0 Å². The number of nitrogens with zero attached hydrogens (tertiary/aromatic N) is 4. The molecular formula is C55H44N4. The lowest BCUT2D eigenvalue weighted by Gasteiger charge is -2.18. The predicted molar refractivity (Wildman–Crippen MR) is 247 cm³/mol. The second-order valence-electron chi connectivity index (χ2n) is 14.8. The molecule has 0 N–H and O–H groups in total. The molecule has 0 spiro atoms. The summed E-state index contributed by atoms with van der Waals surface area (Å²) in [4.78, 5) is 20.0. The van der Waals surface area contributed by atoms with Crippen LogP contribution in [0.2, 0.25) is 0 Å². The third kappa shape index (κ3) is 7.61. The molecule has 2 aromatic heterocycles. The average molecular weight is 761 g/mol. The Morgan fingerprint density at radius 2 is 1.05 bits per heavy atom. The van der Waals surface area contributed by atoms with E-state index in [1.165, 1.54) is 32.3 Å². The molecular weight excluding hydrogens is 717 g/mol. The Kier molecular flexibility index (Phi) is 10.5. The van der Waals surface area contributed by atoms with Gasteiger partial charge in [0, 0.05) is 33.5 Å². The molecule has 59 heavy (non-hydrogen) atoms. The van der Waals surface area contributed by atoms with Gasteiger partial charge in [0.1, 0.15) is 0 Å². The number of rotatable bonds is 8. The summed E-state index contributed by atoms with van der Waals surface area (Å²) in [5.74, 6) is 1.45. The summed E-state index contributed by atoms with van der Waals surface area (Å²) in [6.07, 6.45) is 17.1. The van der Waals surface area contributed by atoms with Crippen molar-refractivity contribution in [3.05, 3.63) is 198 Å². The van der Waals surface area contributed by atoms with E-state index < -0.39 is 0 Å². The van der Waals surface area contributed by atoms with Crippen molar-refractivity contribution >= 4 is 28.5 Å². The van der Waals surface area contributed by atoms with Crippen molar-refractivity contribution in [1.29, 1.82) is 0 Å². The fourth-order valence-electron chi connectivity index (χ4n) is 8.07. The summed E-state index contributed by atoms with van der Waals surface area (Å²) in [6, 6.07) is 51.3. The van der Waals surface area contributed by atoms with Gasteiger partial charge in [-0.3, -0.25) is 0 Å². The lowest BCUT2D eigenvalue weighted by Crippen LogP contribution is -2.28. The molecule has 1 aliphatic carbocycles. The van der Waals surface area contributed by atoms with Gasteiger partial charge < -0.3 is 0 Å². The first-order valence-electron chi connectivity index (χ1n) is 20.4. The van der Waals surface area contributed by atoms with Crippen LogP contribution < -0.4 is 10.4 Å². The Balaban J connectivity index is 1.19. The van der Waals surface area contributed by atoms with Crippen LogP contribution >= 0.6 is 0 Å². The van der Waals surface area contributed by atoms with E-state index in [0.29, 0.717) is 5.82 Å². The molecule has 0 saturated carbocycles. The van der Waals surface area contributed by atoms with Gasteiger partial charge in [-0.15, -0.1) is 0 Å². The van der Waals surface area contributed by atoms with Gasteiger partial charge in [0.05, 0.1) is 17.1 Å². The van der Waals surface area contributed by atoms with Crippen LogP contribution in [0.25, 0.3) is 95.9 Å². The first-order chi connectivity index (χ1) is 29.1. The molecule has 4 heteroatoms. The Bertz CT molecular complexity index is 3030. The van der Waals surface area contributed by atoms with Gasteiger partial charge in [-0.1, -0.05) is 183 Å². The predicted octanol–water partition coefficient (Wildman–Crippen LogP) is 12.6. The minimum atomic E-state index is 0.713. The molecule has 0 unspecified atom stereocenters. The second-order valence-corrected chi connectivity index (χ2v) is 14.8. The SMILES string of the molecule is C/C=c1/c(-c2ccc(-c3cc(-c4ccccc4)nc(C4=CC=CCC=C4)n3)cc2)c(-c2ccc(-c3cc(C)nc(-c4ccccc4)n3)cc2)c2ccccc2/c1=C/CC. The van der Waals surface area contributed by atoms with Crippen LogP contribution in [0, 0.1) is 6.92 Å². The maximum atomic E-state index is 5.15. The summed E-state index contributed by atoms with van der Waals surface area (Å²) in [5, 5.41) is 4.97. The van der Waals surface area contributed by atoms with Gasteiger partial charge in [0.2, 0.25) is 0 Å². The summed E-state index contributed by atoms with van der Waals surface area (Å²) in [6.45, 7) is 6.40. The zero-order chi connectivity index (χ0) is 40.1. The highest BCUT2D eigenvalue weighted by Crippen LogP contribution is 2.37. The van der Waals surface area contributed by atoms with Gasteiger partial charge in [0.15, 0.2) is 11.6 Å². The van der Waals surface area contributed by atoms with E-state index in [9.17, 15) is 0 Å². The lowest BCUT2D eigenvalue weighted by atomic mass is 9.86. The standard InChI is InChI=1S/C55H44N4/c1-4-18-46-45(5-2)52(41-31-29-40(30-32-41)51-36-50(38-19-12-8-13-20-38)58-55(59-51)44-21-10-6-7-11-22-44)53(48-26-17-16-25-47(46)48)42-33-27-39(28-34-42)49-35-37(3)56-54(57-49)43-23-14-9-15-24-43/h5-6,8-36H,4,7H2,1-3H3/b45-5+,46-18+. The van der Waals surface area contributed by atoms with Gasteiger partial charge >= 0.3 is 0 Å². The number of allylic oxidation sites excluding steroid dienone is 6. The smallest absolute Gasteiger partial charge is 0.160 e. The van der Waals surface area contributed by atoms with Crippen molar-refractivity contribution in [3.8, 4) is 67.4 Å². The summed E-state index contributed by atoms with van der Waals surface area (Å²) >= 11 is 0. The van der Waals surface area contributed by atoms with E-state index in [-0.39, 0.29) is 0 Å². The van der Waals surface area contributed by atoms with Crippen molar-refractivity contribution in [2.24, 2.45) is 0 Å². The van der Waals surface area contributed by atoms with Crippen molar-refractivity contribution < 1.29 is 0 Å². The quantitative estimate of drug-likeness (QED) is 0.155. The normalized spacial score (nSPS) is 13.2. The van der Waals surface area contributed by atoms with Crippen LogP contribution in [-0.2, 0) is 0 Å². The number of hydrogen-bond donors (Lipinski definition) is 0. The van der Waals surface area contributed by atoms with Crippen LogP contribution in [0.1, 0.15) is 38.2 Å². The van der Waals surface area contributed by atoms with E-state index in [0.717, 1.165) is 80.4 Å². The zero-order valence-corrected chi connectivity index (χ0v) is 33.6. The summed E-state index contributed by atoms with van der Waals surface area (Å²) in [7, 11) is 0. The van der Waals surface area contributed by atoms with Crippen molar-refractivity contribution in [2.45, 2.75) is 33.6 Å². The highest BCUT2D eigenvalue weighted by Gasteiger charge is 2.18. The molecule has 0 fully saturated rings. The summed E-state index contributed by atoms with van der Waals surface area (Å²) in [5.41, 5.74) is 13.5. The Labute approximate surface area is 346 Å². The Hall–Kier alpha value is -7.30. The van der Waals surface area contributed by atoms with Crippen molar-refractivity contribution in [3.63, 3.8) is 0 Å². The first kappa shape index (κ1) is 37.3. The van der Waals surface area contributed by atoms with Crippen LogP contribution in [0.3, 0.4) is 0 Å². The van der Waals surface area contributed by atoms with Gasteiger partial charge in [-0.05, 0) is 82.3 Å². The highest BCUT2D eigenvalue weighted by atomic mass is 14.9. The molecule has 0 atom stereocenters. The fraction of sp³-hybridized carbons (Fsp3) is 0.0909. The molecule has 0 bridgehead atoms. The molecule has 0 radical (unpaired) electrons. The van der Waals surface area contributed by atoms with E-state index in [4.69, 9.17) is 19.9 Å². The van der Waals surface area contributed by atoms with Crippen LogP contribution in [0.4, 0.5) is 0 Å². The van der Waals surface area contributed by atoms with Crippen LogP contribution in [0.15, 0.2) is 176 Å². The molecule has 8 aromatic rings. The van der Waals surface area contributed by atoms with E-state index in [1.807, 2.05) is 31.2 Å². The topological polar surface area (TPSA) is 51.6 Å². The largest absolute Gasteiger partial charge is 0.233 e. The number of aromatic nitrogens is 4. The first-order valence-corrected chi connectivity index (χ1v) is 20.4. The van der Waals surface area contributed by atoms with Crippen molar-refractivity contribution in [2.75, 3.05) is 0 Å². The maximum Gasteiger partial charge on any atom is 0.160 e. The number of aryl methyl sites for hydroxylation is 1. The molecule has 284 valence electrons. The minimum Gasteiger partial charge on any atom is -0.233 e. The molecule has 9 rings (SSSR count). The monoisotopic (exact) mass is 760 g/mol. The number of fused-ring (bicyclic) bond motifs is 1. The zero-order valence-electron chi connectivity index (χ0n) is 33.6. The van der Waals surface area contributed by atoms with E-state index in [2.05, 4.69) is 178 Å². The number of hydrogen-bond acceptors (Lipinski definition) is 4. The lowest BCUT2D eigenvalue weighted by molar-refractivity contribution is 1.11. The molecule has 6 aromatic carbocycles. The highest BCUT2D eigenvalue weighted by molar-refractivity contribution is 6.05. The van der Waals surface area contributed by atoms with E-state index in [1.54, 1.807) is 0 Å². The Morgan fingerprint density at radius 1 is 0.508 bits per heavy atom. The van der Waals surface area contributed by atoms with Crippen LogP contribution in [-0.4, -0.2) is 19.9 Å². The van der Waals surface area contributed by atoms with Gasteiger partial charge in [-0.25, -0.2) is 19.9 Å². The maximum absolute atomic E-state index is 5.15. The molecule has 0 amide bonds. The van der Waals surface area contributed by atoms with Crippen molar-refractivity contribution in [1.82, 2.24) is 19.9 Å². The molecule has 2 heterocycles. The molecule has 0 saturated heterocycles. The van der Waals surface area contributed by atoms with Crippen LogP contribution in [0.5, 0.6) is 0 Å². The second kappa shape index (κ2) is 16.7. The third-order valence-electron chi connectivity index (χ3n) is 10.9. The molecule has 4 nitrogen and oxygen atoms in total. The molecule has 1 aliphatic rings.